The van der Waals surface area contributed by atoms with Gasteiger partial charge in [0.15, 0.2) is 0 Å². The molecule has 3 amide bonds. The van der Waals surface area contributed by atoms with E-state index in [0.29, 0.717) is 0 Å². The zero-order valence-corrected chi connectivity index (χ0v) is 10.4. The standard InChI is InChI=1S/C11H22N4O2/c1-13-5-2-9-3-6-15(7-4-9)8-10(16)14-11(12)17/h9,13H,2-8H2,1H3,(H3,12,14,16,17). The van der Waals surface area contributed by atoms with Gasteiger partial charge in [-0.3, -0.25) is 15.0 Å². The van der Waals surface area contributed by atoms with Crippen molar-refractivity contribution in [2.24, 2.45) is 11.7 Å². The van der Waals surface area contributed by atoms with Gasteiger partial charge in [0.1, 0.15) is 0 Å². The van der Waals surface area contributed by atoms with Crippen LogP contribution < -0.4 is 16.4 Å². The van der Waals surface area contributed by atoms with Crippen molar-refractivity contribution in [2.75, 3.05) is 33.2 Å². The number of hydrogen-bond acceptors (Lipinski definition) is 4. The third-order valence-electron chi connectivity index (χ3n) is 3.14. The lowest BCUT2D eigenvalue weighted by atomic mass is 9.93. The van der Waals surface area contributed by atoms with Crippen molar-refractivity contribution in [1.82, 2.24) is 15.5 Å². The molecule has 0 saturated carbocycles. The number of urea groups is 1. The van der Waals surface area contributed by atoms with E-state index in [0.717, 1.165) is 38.4 Å². The number of piperidine rings is 1. The van der Waals surface area contributed by atoms with Gasteiger partial charge in [-0.15, -0.1) is 0 Å². The van der Waals surface area contributed by atoms with Crippen LogP contribution in [0.2, 0.25) is 0 Å². The second kappa shape index (κ2) is 7.24. The first kappa shape index (κ1) is 13.9. The molecule has 0 unspecified atom stereocenters. The van der Waals surface area contributed by atoms with Gasteiger partial charge in [0.05, 0.1) is 6.54 Å². The fourth-order valence-electron chi connectivity index (χ4n) is 2.16. The molecule has 1 heterocycles. The van der Waals surface area contributed by atoms with Gasteiger partial charge < -0.3 is 11.1 Å². The summed E-state index contributed by atoms with van der Waals surface area (Å²) in [7, 11) is 1.96. The van der Waals surface area contributed by atoms with E-state index in [9.17, 15) is 9.59 Å². The predicted molar refractivity (Wildman–Crippen MR) is 65.4 cm³/mol. The predicted octanol–water partition coefficient (Wildman–Crippen LogP) is -0.497. The SMILES string of the molecule is CNCCC1CCN(CC(=O)NC(N)=O)CC1. The molecule has 1 rings (SSSR count). The van der Waals surface area contributed by atoms with Gasteiger partial charge in [0.25, 0.3) is 0 Å². The van der Waals surface area contributed by atoms with Crippen molar-refractivity contribution in [1.29, 1.82) is 0 Å². The molecule has 1 aliphatic rings. The summed E-state index contributed by atoms with van der Waals surface area (Å²) in [4.78, 5) is 23.9. The Morgan fingerprint density at radius 2 is 2.00 bits per heavy atom. The first-order valence-electron chi connectivity index (χ1n) is 6.08. The van der Waals surface area contributed by atoms with Gasteiger partial charge in [0.2, 0.25) is 5.91 Å². The first-order valence-corrected chi connectivity index (χ1v) is 6.08. The van der Waals surface area contributed by atoms with Crippen LogP contribution in [0.4, 0.5) is 4.79 Å². The van der Waals surface area contributed by atoms with E-state index >= 15 is 0 Å². The summed E-state index contributed by atoms with van der Waals surface area (Å²) in [5.74, 6) is 0.434. The molecule has 98 valence electrons. The summed E-state index contributed by atoms with van der Waals surface area (Å²) in [6.45, 7) is 3.15. The Bertz CT molecular complexity index is 262. The number of amides is 3. The Morgan fingerprint density at radius 3 is 2.53 bits per heavy atom. The van der Waals surface area contributed by atoms with Gasteiger partial charge in [-0.05, 0) is 51.9 Å². The number of nitrogens with two attached hydrogens (primary N) is 1. The maximum Gasteiger partial charge on any atom is 0.318 e. The molecule has 17 heavy (non-hydrogen) atoms. The second-order valence-electron chi connectivity index (χ2n) is 4.52. The van der Waals surface area contributed by atoms with Gasteiger partial charge in [-0.25, -0.2) is 4.79 Å². The highest BCUT2D eigenvalue weighted by atomic mass is 16.2. The molecular formula is C11H22N4O2. The van der Waals surface area contributed by atoms with Crippen LogP contribution in [0.1, 0.15) is 19.3 Å². The zero-order chi connectivity index (χ0) is 12.7. The van der Waals surface area contributed by atoms with Crippen LogP contribution in [0.3, 0.4) is 0 Å². The van der Waals surface area contributed by atoms with Crippen LogP contribution in [-0.2, 0) is 4.79 Å². The molecule has 0 bridgehead atoms. The Hall–Kier alpha value is -1.14. The fourth-order valence-corrected chi connectivity index (χ4v) is 2.16. The third kappa shape index (κ3) is 5.65. The molecule has 1 aliphatic heterocycles. The van der Waals surface area contributed by atoms with Crippen LogP contribution in [0.5, 0.6) is 0 Å². The van der Waals surface area contributed by atoms with Crippen LogP contribution in [-0.4, -0.2) is 50.1 Å². The monoisotopic (exact) mass is 242 g/mol. The molecule has 0 aromatic carbocycles. The van der Waals surface area contributed by atoms with Gasteiger partial charge in [-0.1, -0.05) is 0 Å². The number of rotatable bonds is 5. The maximum atomic E-state index is 11.3. The number of hydrogen-bond donors (Lipinski definition) is 3. The minimum Gasteiger partial charge on any atom is -0.351 e. The average Bonchev–Trinajstić information content (AvgIpc) is 2.27. The molecule has 6 nitrogen and oxygen atoms in total. The molecule has 1 saturated heterocycles. The average molecular weight is 242 g/mol. The first-order chi connectivity index (χ1) is 8.11. The van der Waals surface area contributed by atoms with Crippen LogP contribution in [0.25, 0.3) is 0 Å². The molecule has 4 N–H and O–H groups in total. The Balaban J connectivity index is 2.18. The number of nitrogens with zero attached hydrogens (tertiary/aromatic N) is 1. The molecule has 0 atom stereocenters. The summed E-state index contributed by atoms with van der Waals surface area (Å²) < 4.78 is 0. The summed E-state index contributed by atoms with van der Waals surface area (Å²) in [5, 5.41) is 5.23. The van der Waals surface area contributed by atoms with Crippen molar-refractivity contribution in [3.05, 3.63) is 0 Å². The topological polar surface area (TPSA) is 87.5 Å². The van der Waals surface area contributed by atoms with E-state index in [-0.39, 0.29) is 12.5 Å². The summed E-state index contributed by atoms with van der Waals surface area (Å²) >= 11 is 0. The maximum absolute atomic E-state index is 11.3. The second-order valence-corrected chi connectivity index (χ2v) is 4.52. The van der Waals surface area contributed by atoms with E-state index in [1.807, 2.05) is 7.05 Å². The van der Waals surface area contributed by atoms with E-state index < -0.39 is 6.03 Å². The molecule has 0 spiro atoms. The normalized spacial score (nSPS) is 17.9. The van der Waals surface area contributed by atoms with Crippen molar-refractivity contribution in [3.63, 3.8) is 0 Å². The molecular weight excluding hydrogens is 220 g/mol. The zero-order valence-electron chi connectivity index (χ0n) is 10.4. The lowest BCUT2D eigenvalue weighted by molar-refractivity contribution is -0.121. The van der Waals surface area contributed by atoms with Crippen LogP contribution >= 0.6 is 0 Å². The lowest BCUT2D eigenvalue weighted by Crippen LogP contribution is -2.44. The number of imide groups is 1. The molecule has 0 aromatic heterocycles. The smallest absolute Gasteiger partial charge is 0.318 e. The molecule has 0 aromatic rings. The largest absolute Gasteiger partial charge is 0.351 e. The summed E-state index contributed by atoms with van der Waals surface area (Å²) in [5.41, 5.74) is 4.88. The number of likely N-dealkylation sites (tertiary alicyclic amines) is 1. The fraction of sp³-hybridized carbons (Fsp3) is 0.818. The quantitative estimate of drug-likeness (QED) is 0.606. The van der Waals surface area contributed by atoms with Crippen LogP contribution in [0, 0.1) is 5.92 Å². The Labute approximate surface area is 102 Å². The molecule has 1 fully saturated rings. The highest BCUT2D eigenvalue weighted by Gasteiger charge is 2.20. The minimum absolute atomic E-state index is 0.266. The molecule has 0 radical (unpaired) electrons. The highest BCUT2D eigenvalue weighted by molar-refractivity contribution is 5.94. The minimum atomic E-state index is -0.779. The molecule has 6 heteroatoms. The number of carbonyl (C=O) groups excluding carboxylic acids is 2. The van der Waals surface area contributed by atoms with E-state index in [1.54, 1.807) is 0 Å². The van der Waals surface area contributed by atoms with Gasteiger partial charge in [0, 0.05) is 0 Å². The summed E-state index contributed by atoms with van der Waals surface area (Å²) in [6.07, 6.45) is 3.43. The van der Waals surface area contributed by atoms with E-state index in [1.165, 1.54) is 6.42 Å². The number of nitrogens with one attached hydrogen (secondary N) is 2. The van der Waals surface area contributed by atoms with E-state index in [4.69, 9.17) is 5.73 Å². The number of carbonyl (C=O) groups is 2. The van der Waals surface area contributed by atoms with Crippen LogP contribution in [0.15, 0.2) is 0 Å². The number of primary amides is 1. The third-order valence-corrected chi connectivity index (χ3v) is 3.14. The summed E-state index contributed by atoms with van der Waals surface area (Å²) in [6, 6.07) is -0.779. The van der Waals surface area contributed by atoms with Crippen molar-refractivity contribution < 1.29 is 9.59 Å². The highest BCUT2D eigenvalue weighted by Crippen LogP contribution is 2.19. The Morgan fingerprint density at radius 1 is 1.35 bits per heavy atom. The van der Waals surface area contributed by atoms with Crippen molar-refractivity contribution in [2.45, 2.75) is 19.3 Å². The molecule has 0 aliphatic carbocycles. The van der Waals surface area contributed by atoms with Crippen molar-refractivity contribution in [3.8, 4) is 0 Å². The van der Waals surface area contributed by atoms with Gasteiger partial charge in [-0.2, -0.15) is 0 Å². The Kier molecular flexibility index (Phi) is 5.93. The lowest BCUT2D eigenvalue weighted by Gasteiger charge is -2.31. The van der Waals surface area contributed by atoms with Gasteiger partial charge >= 0.3 is 6.03 Å². The van der Waals surface area contributed by atoms with Crippen molar-refractivity contribution >= 4 is 11.9 Å². The van der Waals surface area contributed by atoms with E-state index in [2.05, 4.69) is 15.5 Å².